The first kappa shape index (κ1) is 13.7. The molecule has 2 aliphatic heterocycles. The molecule has 7 nitrogen and oxygen atoms in total. The molecule has 2 aliphatic rings. The molecule has 0 N–H and O–H groups in total. The fourth-order valence-corrected chi connectivity index (χ4v) is 2.61. The molecule has 0 amide bonds. The van der Waals surface area contributed by atoms with Gasteiger partial charge in [0.15, 0.2) is 17.5 Å². The predicted molar refractivity (Wildman–Crippen MR) is 59.1 cm³/mol. The largest absolute Gasteiger partial charge is 0.455 e. The average Bonchev–Trinajstić information content (AvgIpc) is 2.53. The first-order chi connectivity index (χ1) is 8.04. The van der Waals surface area contributed by atoms with E-state index in [4.69, 9.17) is 14.2 Å². The van der Waals surface area contributed by atoms with E-state index in [0.29, 0.717) is 0 Å². The average molecular weight is 280 g/mol. The lowest BCUT2D eigenvalue weighted by molar-refractivity contribution is -0.198. The molecule has 3 unspecified atom stereocenters. The fraction of sp³-hybridized carbons (Fsp3) is 0.900. The van der Waals surface area contributed by atoms with E-state index in [2.05, 4.69) is 4.18 Å². The maximum Gasteiger partial charge on any atom is 0.341 e. The molecule has 2 saturated heterocycles. The van der Waals surface area contributed by atoms with Gasteiger partial charge in [0.05, 0.1) is 6.26 Å². The molecule has 2 fully saturated rings. The van der Waals surface area contributed by atoms with E-state index in [1.54, 1.807) is 20.8 Å². The smallest absolute Gasteiger partial charge is 0.341 e. The van der Waals surface area contributed by atoms with Gasteiger partial charge in [-0.25, -0.2) is 4.79 Å². The predicted octanol–water partition coefficient (Wildman–Crippen LogP) is -0.202. The summed E-state index contributed by atoms with van der Waals surface area (Å²) in [5.74, 6) is -1.48. The van der Waals surface area contributed by atoms with Crippen molar-refractivity contribution < 1.29 is 31.6 Å². The van der Waals surface area contributed by atoms with Gasteiger partial charge in [-0.3, -0.25) is 4.18 Å². The monoisotopic (exact) mass is 280 g/mol. The summed E-state index contributed by atoms with van der Waals surface area (Å²) in [6.07, 6.45) is -0.542. The normalized spacial score (nSPS) is 38.6. The molecule has 0 aromatic rings. The van der Waals surface area contributed by atoms with E-state index in [1.165, 1.54) is 0 Å². The third-order valence-electron chi connectivity index (χ3n) is 2.86. The molecule has 2 rings (SSSR count). The third-order valence-corrected chi connectivity index (χ3v) is 3.42. The Kier molecular flexibility index (Phi) is 2.97. The molecule has 0 radical (unpaired) electrons. The Morgan fingerprint density at radius 3 is 2.50 bits per heavy atom. The molecule has 8 heteroatoms. The van der Waals surface area contributed by atoms with Crippen molar-refractivity contribution in [2.24, 2.45) is 0 Å². The highest BCUT2D eigenvalue weighted by Gasteiger charge is 2.64. The van der Waals surface area contributed by atoms with Crippen molar-refractivity contribution in [3.63, 3.8) is 0 Å². The number of fused-ring (bicyclic) bond motifs is 1. The number of esters is 1. The summed E-state index contributed by atoms with van der Waals surface area (Å²) in [4.78, 5) is 11.8. The number of hydrogen-bond donors (Lipinski definition) is 0. The number of carbonyl (C=O) groups is 1. The van der Waals surface area contributed by atoms with Crippen molar-refractivity contribution in [1.82, 2.24) is 0 Å². The van der Waals surface area contributed by atoms with Crippen LogP contribution in [0.2, 0.25) is 0 Å². The van der Waals surface area contributed by atoms with Crippen LogP contribution >= 0.6 is 0 Å². The molecule has 0 aliphatic carbocycles. The van der Waals surface area contributed by atoms with Gasteiger partial charge in [-0.2, -0.15) is 8.42 Å². The minimum atomic E-state index is -3.59. The van der Waals surface area contributed by atoms with Gasteiger partial charge in [0.2, 0.25) is 0 Å². The van der Waals surface area contributed by atoms with Gasteiger partial charge in [-0.05, 0) is 20.8 Å². The van der Waals surface area contributed by atoms with Gasteiger partial charge in [0.25, 0.3) is 10.1 Å². The van der Waals surface area contributed by atoms with Crippen LogP contribution in [0.25, 0.3) is 0 Å². The van der Waals surface area contributed by atoms with E-state index in [-0.39, 0.29) is 6.61 Å². The van der Waals surface area contributed by atoms with Gasteiger partial charge in [-0.1, -0.05) is 0 Å². The van der Waals surface area contributed by atoms with Crippen LogP contribution in [0.4, 0.5) is 0 Å². The molecule has 18 heavy (non-hydrogen) atoms. The first-order valence-electron chi connectivity index (χ1n) is 5.47. The molecule has 0 aromatic heterocycles. The quantitative estimate of drug-likeness (QED) is 0.522. The molecule has 0 saturated carbocycles. The summed E-state index contributed by atoms with van der Waals surface area (Å²) in [7, 11) is -3.59. The van der Waals surface area contributed by atoms with Crippen molar-refractivity contribution in [2.75, 3.05) is 12.9 Å². The lowest BCUT2D eigenvalue weighted by atomic mass is 9.99. The Morgan fingerprint density at radius 1 is 1.33 bits per heavy atom. The Morgan fingerprint density at radius 2 is 1.94 bits per heavy atom. The van der Waals surface area contributed by atoms with Gasteiger partial charge in [-0.15, -0.1) is 0 Å². The molecular weight excluding hydrogens is 264 g/mol. The summed E-state index contributed by atoms with van der Waals surface area (Å²) in [6, 6.07) is 0. The van der Waals surface area contributed by atoms with Gasteiger partial charge in [0, 0.05) is 0 Å². The Balaban J connectivity index is 2.14. The standard InChI is InChI=1S/C10H16O7S/c1-9(2)16-7-6(5-14-18(4,12)13)15-8(11)10(7,3)17-9/h6-7H,5H2,1-4H3. The van der Waals surface area contributed by atoms with Crippen LogP contribution in [0.5, 0.6) is 0 Å². The van der Waals surface area contributed by atoms with E-state index in [9.17, 15) is 13.2 Å². The lowest BCUT2D eigenvalue weighted by Crippen LogP contribution is -2.41. The van der Waals surface area contributed by atoms with E-state index < -0.39 is 39.7 Å². The lowest BCUT2D eigenvalue weighted by Gasteiger charge is -2.21. The summed E-state index contributed by atoms with van der Waals surface area (Å²) < 4.78 is 42.7. The van der Waals surface area contributed by atoms with Crippen LogP contribution in [-0.2, 0) is 33.3 Å². The minimum absolute atomic E-state index is 0.274. The zero-order valence-corrected chi connectivity index (χ0v) is 11.4. The number of cyclic esters (lactones) is 1. The topological polar surface area (TPSA) is 88.1 Å². The van der Waals surface area contributed by atoms with E-state index in [0.717, 1.165) is 6.26 Å². The third kappa shape index (κ3) is 2.37. The minimum Gasteiger partial charge on any atom is -0.455 e. The number of hydrogen-bond acceptors (Lipinski definition) is 7. The highest BCUT2D eigenvalue weighted by molar-refractivity contribution is 7.85. The highest BCUT2D eigenvalue weighted by atomic mass is 32.2. The molecular formula is C10H16O7S. The van der Waals surface area contributed by atoms with Gasteiger partial charge >= 0.3 is 5.97 Å². The van der Waals surface area contributed by atoms with Crippen molar-refractivity contribution in [3.05, 3.63) is 0 Å². The first-order valence-corrected chi connectivity index (χ1v) is 7.29. The zero-order chi connectivity index (χ0) is 13.8. The summed E-state index contributed by atoms with van der Waals surface area (Å²) in [5, 5.41) is 0. The zero-order valence-electron chi connectivity index (χ0n) is 10.6. The molecule has 2 heterocycles. The maximum absolute atomic E-state index is 11.8. The molecule has 104 valence electrons. The maximum atomic E-state index is 11.8. The second-order valence-electron chi connectivity index (χ2n) is 5.08. The fourth-order valence-electron chi connectivity index (χ4n) is 2.23. The highest BCUT2D eigenvalue weighted by Crippen LogP contribution is 2.43. The van der Waals surface area contributed by atoms with Crippen LogP contribution in [0.1, 0.15) is 20.8 Å². The Labute approximate surface area is 105 Å². The summed E-state index contributed by atoms with van der Waals surface area (Å²) >= 11 is 0. The van der Waals surface area contributed by atoms with E-state index >= 15 is 0 Å². The van der Waals surface area contributed by atoms with Crippen molar-refractivity contribution >= 4 is 16.1 Å². The molecule has 0 aromatic carbocycles. The van der Waals surface area contributed by atoms with Crippen LogP contribution in [0, 0.1) is 0 Å². The van der Waals surface area contributed by atoms with Crippen LogP contribution in [0.15, 0.2) is 0 Å². The molecule has 0 spiro atoms. The number of rotatable bonds is 3. The van der Waals surface area contributed by atoms with Crippen molar-refractivity contribution in [1.29, 1.82) is 0 Å². The van der Waals surface area contributed by atoms with Crippen molar-refractivity contribution in [3.8, 4) is 0 Å². The molecule has 0 bridgehead atoms. The summed E-state index contributed by atoms with van der Waals surface area (Å²) in [6.45, 7) is 4.65. The number of ether oxygens (including phenoxy) is 3. The Hall–Kier alpha value is -0.700. The SMILES string of the molecule is CC1(C)OC2C(COS(C)(=O)=O)OC(=O)C2(C)O1. The Bertz CT molecular complexity index is 469. The van der Waals surface area contributed by atoms with Crippen LogP contribution < -0.4 is 0 Å². The van der Waals surface area contributed by atoms with Crippen molar-refractivity contribution in [2.45, 2.75) is 44.4 Å². The van der Waals surface area contributed by atoms with Gasteiger partial charge < -0.3 is 14.2 Å². The van der Waals surface area contributed by atoms with Crippen LogP contribution in [-0.4, -0.2) is 50.8 Å². The second-order valence-corrected chi connectivity index (χ2v) is 6.72. The molecule has 3 atom stereocenters. The van der Waals surface area contributed by atoms with Gasteiger partial charge in [0.1, 0.15) is 12.7 Å². The van der Waals surface area contributed by atoms with E-state index in [1.807, 2.05) is 0 Å². The number of carbonyl (C=O) groups excluding carboxylic acids is 1. The van der Waals surface area contributed by atoms with Crippen LogP contribution in [0.3, 0.4) is 0 Å². The summed E-state index contributed by atoms with van der Waals surface area (Å²) in [5.41, 5.74) is -1.21. The second kappa shape index (κ2) is 3.89.